The van der Waals surface area contributed by atoms with Crippen molar-refractivity contribution in [1.82, 2.24) is 14.9 Å². The Balaban J connectivity index is 1.66. The first-order chi connectivity index (χ1) is 9.77. The molecule has 1 aromatic heterocycles. The Bertz CT molecular complexity index is 560. The maximum absolute atomic E-state index is 9.64. The van der Waals surface area contributed by atoms with Gasteiger partial charge in [-0.25, -0.2) is 4.98 Å². The molecular formula is C15H19N5. The van der Waals surface area contributed by atoms with Gasteiger partial charge in [0.1, 0.15) is 11.6 Å². The van der Waals surface area contributed by atoms with Gasteiger partial charge in [0.25, 0.3) is 0 Å². The summed E-state index contributed by atoms with van der Waals surface area (Å²) in [5, 5.41) is 22.2. The van der Waals surface area contributed by atoms with E-state index in [1.807, 2.05) is 10.8 Å². The summed E-state index contributed by atoms with van der Waals surface area (Å²) in [6.45, 7) is 0.767. The van der Waals surface area contributed by atoms with Crippen molar-refractivity contribution in [2.24, 2.45) is 5.92 Å². The van der Waals surface area contributed by atoms with Crippen molar-refractivity contribution in [1.29, 1.82) is 10.5 Å². The number of hydrogen-bond acceptors (Lipinski definition) is 4. The first-order valence-electron chi connectivity index (χ1n) is 7.37. The van der Waals surface area contributed by atoms with E-state index in [2.05, 4.69) is 22.4 Å². The number of hydrogen-bond donors (Lipinski definition) is 1. The Hall–Kier alpha value is -1.85. The molecule has 20 heavy (non-hydrogen) atoms. The van der Waals surface area contributed by atoms with Crippen LogP contribution in [0.2, 0.25) is 0 Å². The van der Waals surface area contributed by atoms with Gasteiger partial charge in [-0.15, -0.1) is 0 Å². The summed E-state index contributed by atoms with van der Waals surface area (Å²) in [5.74, 6) is 0.836. The molecule has 5 nitrogen and oxygen atoms in total. The Morgan fingerprint density at radius 2 is 2.25 bits per heavy atom. The van der Waals surface area contributed by atoms with Gasteiger partial charge in [0.15, 0.2) is 0 Å². The van der Waals surface area contributed by atoms with Gasteiger partial charge in [-0.05, 0) is 38.0 Å². The molecule has 1 heterocycles. The lowest BCUT2D eigenvalue weighted by Crippen LogP contribution is -2.48. The van der Waals surface area contributed by atoms with Gasteiger partial charge in [0.2, 0.25) is 5.82 Å². The van der Waals surface area contributed by atoms with Gasteiger partial charge in [-0.1, -0.05) is 6.42 Å². The van der Waals surface area contributed by atoms with Crippen molar-refractivity contribution in [3.8, 4) is 12.1 Å². The molecule has 0 saturated heterocycles. The van der Waals surface area contributed by atoms with E-state index in [1.165, 1.54) is 12.8 Å². The fourth-order valence-corrected chi connectivity index (χ4v) is 3.33. The standard InChI is InChI=1S/C15H19N5/c16-10-14-18-7-9-20(14)8-5-12-2-1-6-15(12,11-17)19-13-3-4-13/h7,9,12-13,19H,1-6,8H2. The second-order valence-electron chi connectivity index (χ2n) is 5.94. The Morgan fingerprint density at radius 3 is 2.95 bits per heavy atom. The summed E-state index contributed by atoms with van der Waals surface area (Å²) in [7, 11) is 0. The molecule has 2 aliphatic carbocycles. The van der Waals surface area contributed by atoms with Gasteiger partial charge in [0.05, 0.1) is 6.07 Å². The highest BCUT2D eigenvalue weighted by Crippen LogP contribution is 2.40. The van der Waals surface area contributed by atoms with Crippen LogP contribution in [0.3, 0.4) is 0 Å². The summed E-state index contributed by atoms with van der Waals surface area (Å²) < 4.78 is 1.89. The van der Waals surface area contributed by atoms with Crippen molar-refractivity contribution in [3.05, 3.63) is 18.2 Å². The maximum atomic E-state index is 9.64. The molecular weight excluding hydrogens is 250 g/mol. The fraction of sp³-hybridized carbons (Fsp3) is 0.667. The lowest BCUT2D eigenvalue weighted by Gasteiger charge is -2.30. The van der Waals surface area contributed by atoms with Crippen molar-refractivity contribution in [2.45, 2.75) is 56.7 Å². The molecule has 0 aliphatic heterocycles. The van der Waals surface area contributed by atoms with E-state index in [4.69, 9.17) is 5.26 Å². The molecule has 2 saturated carbocycles. The zero-order valence-electron chi connectivity index (χ0n) is 11.5. The SMILES string of the molecule is N#Cc1nccn1CCC1CCCC1(C#N)NC1CC1. The van der Waals surface area contributed by atoms with Crippen molar-refractivity contribution < 1.29 is 0 Å². The number of rotatable bonds is 5. The largest absolute Gasteiger partial charge is 0.323 e. The molecule has 2 aliphatic rings. The zero-order chi connectivity index (χ0) is 14.0. The highest BCUT2D eigenvalue weighted by Gasteiger charge is 2.45. The minimum absolute atomic E-state index is 0.339. The second kappa shape index (κ2) is 5.26. The normalized spacial score (nSPS) is 29.0. The third-order valence-corrected chi connectivity index (χ3v) is 4.59. The highest BCUT2D eigenvalue weighted by molar-refractivity contribution is 5.16. The van der Waals surface area contributed by atoms with Crippen LogP contribution in [0.25, 0.3) is 0 Å². The first-order valence-corrected chi connectivity index (χ1v) is 7.37. The molecule has 5 heteroatoms. The molecule has 0 bridgehead atoms. The van der Waals surface area contributed by atoms with E-state index in [-0.39, 0.29) is 5.54 Å². The number of nitrogens with one attached hydrogen (secondary N) is 1. The quantitative estimate of drug-likeness (QED) is 0.886. The number of nitriles is 2. The molecule has 2 fully saturated rings. The van der Waals surface area contributed by atoms with Crippen molar-refractivity contribution in [3.63, 3.8) is 0 Å². The first kappa shape index (κ1) is 13.1. The van der Waals surface area contributed by atoms with Crippen LogP contribution in [0, 0.1) is 28.6 Å². The van der Waals surface area contributed by atoms with Crippen LogP contribution in [0.4, 0.5) is 0 Å². The van der Waals surface area contributed by atoms with Crippen LogP contribution in [0.15, 0.2) is 12.4 Å². The number of nitrogens with zero attached hydrogens (tertiary/aromatic N) is 4. The average molecular weight is 269 g/mol. The second-order valence-corrected chi connectivity index (χ2v) is 5.94. The Morgan fingerprint density at radius 1 is 1.40 bits per heavy atom. The predicted octanol–water partition coefficient (Wildman–Crippen LogP) is 1.96. The van der Waals surface area contributed by atoms with Crippen molar-refractivity contribution in [2.75, 3.05) is 0 Å². The summed E-state index contributed by atoms with van der Waals surface area (Å²) >= 11 is 0. The number of aromatic nitrogens is 2. The van der Waals surface area contributed by atoms with E-state index in [1.54, 1.807) is 6.20 Å². The van der Waals surface area contributed by atoms with Gasteiger partial charge in [0, 0.05) is 25.0 Å². The molecule has 2 atom stereocenters. The Labute approximate surface area is 119 Å². The molecule has 0 spiro atoms. The van der Waals surface area contributed by atoms with Crippen LogP contribution in [0.1, 0.15) is 44.3 Å². The highest BCUT2D eigenvalue weighted by atomic mass is 15.1. The van der Waals surface area contributed by atoms with Gasteiger partial charge >= 0.3 is 0 Å². The molecule has 104 valence electrons. The van der Waals surface area contributed by atoms with E-state index in [9.17, 15) is 5.26 Å². The maximum Gasteiger partial charge on any atom is 0.212 e. The molecule has 1 N–H and O–H groups in total. The molecule has 0 aromatic carbocycles. The zero-order valence-corrected chi connectivity index (χ0v) is 11.5. The van der Waals surface area contributed by atoms with E-state index >= 15 is 0 Å². The summed E-state index contributed by atoms with van der Waals surface area (Å²) in [6.07, 6.45) is 10.0. The van der Waals surface area contributed by atoms with Crippen LogP contribution in [0.5, 0.6) is 0 Å². The lowest BCUT2D eigenvalue weighted by atomic mass is 9.85. The smallest absolute Gasteiger partial charge is 0.212 e. The number of imidazole rings is 1. The topological polar surface area (TPSA) is 77.4 Å². The van der Waals surface area contributed by atoms with Crippen molar-refractivity contribution >= 4 is 0 Å². The molecule has 3 rings (SSSR count). The average Bonchev–Trinajstić information content (AvgIpc) is 3.02. The Kier molecular flexibility index (Phi) is 3.46. The summed E-state index contributed by atoms with van der Waals surface area (Å²) in [4.78, 5) is 4.02. The summed E-state index contributed by atoms with van der Waals surface area (Å²) in [6, 6.07) is 5.21. The fourth-order valence-electron chi connectivity index (χ4n) is 3.33. The van der Waals surface area contributed by atoms with E-state index < -0.39 is 0 Å². The molecule has 1 aromatic rings. The minimum atomic E-state index is -0.339. The molecule has 0 radical (unpaired) electrons. The van der Waals surface area contributed by atoms with Gasteiger partial charge in [-0.2, -0.15) is 10.5 Å². The molecule has 0 amide bonds. The molecule has 2 unspecified atom stereocenters. The van der Waals surface area contributed by atoms with Gasteiger partial charge < -0.3 is 4.57 Å². The predicted molar refractivity (Wildman–Crippen MR) is 73.4 cm³/mol. The van der Waals surface area contributed by atoms with Crippen LogP contribution in [-0.4, -0.2) is 21.1 Å². The summed E-state index contributed by atoms with van der Waals surface area (Å²) in [5.41, 5.74) is -0.339. The third-order valence-electron chi connectivity index (χ3n) is 4.59. The minimum Gasteiger partial charge on any atom is -0.323 e. The lowest BCUT2D eigenvalue weighted by molar-refractivity contribution is 0.287. The number of aryl methyl sites for hydroxylation is 1. The van der Waals surface area contributed by atoms with Gasteiger partial charge in [-0.3, -0.25) is 5.32 Å². The van der Waals surface area contributed by atoms with Crippen LogP contribution < -0.4 is 5.32 Å². The van der Waals surface area contributed by atoms with E-state index in [0.717, 1.165) is 32.2 Å². The van der Waals surface area contributed by atoms with E-state index in [0.29, 0.717) is 17.8 Å². The third kappa shape index (κ3) is 2.42. The van der Waals surface area contributed by atoms with Crippen LogP contribution >= 0.6 is 0 Å². The van der Waals surface area contributed by atoms with Crippen LogP contribution in [-0.2, 0) is 6.54 Å². The monoisotopic (exact) mass is 269 g/mol.